The van der Waals surface area contributed by atoms with E-state index in [1.54, 1.807) is 36.4 Å². The molecule has 6 nitrogen and oxygen atoms in total. The summed E-state index contributed by atoms with van der Waals surface area (Å²) in [5.41, 5.74) is 1.33. The number of hydrogen-bond acceptors (Lipinski definition) is 6. The minimum Gasteiger partial charge on any atom is -0.508 e. The molecule has 0 radical (unpaired) electrons. The maximum absolute atomic E-state index is 12.7. The second-order valence-electron chi connectivity index (χ2n) is 5.60. The Balaban J connectivity index is 1.77. The highest BCUT2D eigenvalue weighted by Crippen LogP contribution is 2.36. The molecule has 1 heterocycles. The Labute approximate surface area is 165 Å². The van der Waals surface area contributed by atoms with Crippen LogP contribution in [0.15, 0.2) is 53.4 Å². The SMILES string of the molecule is O=C(O)CCOc1cccc(/C=C2/SC(=S)N(c3ccc(O)cc3)C2=O)c1. The molecule has 1 fully saturated rings. The van der Waals surface area contributed by atoms with Crippen molar-refractivity contribution in [1.29, 1.82) is 0 Å². The minimum absolute atomic E-state index is 0.0712. The van der Waals surface area contributed by atoms with Crippen LogP contribution in [0.4, 0.5) is 5.69 Å². The van der Waals surface area contributed by atoms with Crippen molar-refractivity contribution < 1.29 is 24.5 Å². The first-order valence-corrected chi connectivity index (χ1v) is 9.18. The van der Waals surface area contributed by atoms with E-state index in [0.717, 1.165) is 5.56 Å². The lowest BCUT2D eigenvalue weighted by molar-refractivity contribution is -0.137. The zero-order valence-corrected chi connectivity index (χ0v) is 15.6. The number of hydrogen-bond donors (Lipinski definition) is 2. The van der Waals surface area contributed by atoms with Crippen LogP contribution in [-0.4, -0.2) is 33.0 Å². The van der Waals surface area contributed by atoms with E-state index >= 15 is 0 Å². The van der Waals surface area contributed by atoms with E-state index in [-0.39, 0.29) is 24.7 Å². The Morgan fingerprint density at radius 1 is 1.22 bits per heavy atom. The standard InChI is InChI=1S/C19H15NO5S2/c21-14-6-4-13(5-7-14)20-18(24)16(27-19(20)26)11-12-2-1-3-15(10-12)25-9-8-17(22)23/h1-7,10-11,21H,8-9H2,(H,22,23)/b16-11+. The third kappa shape index (κ3) is 4.66. The van der Waals surface area contributed by atoms with E-state index in [1.807, 2.05) is 6.07 Å². The number of thioether (sulfide) groups is 1. The number of anilines is 1. The van der Waals surface area contributed by atoms with Gasteiger partial charge in [-0.2, -0.15) is 0 Å². The van der Waals surface area contributed by atoms with Crippen LogP contribution in [0.1, 0.15) is 12.0 Å². The number of carbonyl (C=O) groups excluding carboxylic acids is 1. The molecule has 1 aliphatic rings. The Morgan fingerprint density at radius 2 is 1.96 bits per heavy atom. The molecule has 0 aliphatic carbocycles. The van der Waals surface area contributed by atoms with Crippen molar-refractivity contribution in [1.82, 2.24) is 0 Å². The molecule has 1 amide bonds. The van der Waals surface area contributed by atoms with Gasteiger partial charge in [0.15, 0.2) is 4.32 Å². The summed E-state index contributed by atoms with van der Waals surface area (Å²) in [7, 11) is 0. The van der Waals surface area contributed by atoms with Crippen molar-refractivity contribution in [3.63, 3.8) is 0 Å². The fourth-order valence-electron chi connectivity index (χ4n) is 2.39. The maximum atomic E-state index is 12.7. The van der Waals surface area contributed by atoms with Crippen LogP contribution in [0.5, 0.6) is 11.5 Å². The quantitative estimate of drug-likeness (QED) is 0.564. The Morgan fingerprint density at radius 3 is 2.67 bits per heavy atom. The van der Waals surface area contributed by atoms with Gasteiger partial charge in [0.05, 0.1) is 23.6 Å². The zero-order chi connectivity index (χ0) is 19.4. The number of benzene rings is 2. The second kappa shape index (κ2) is 8.24. The zero-order valence-electron chi connectivity index (χ0n) is 14.0. The van der Waals surface area contributed by atoms with Crippen molar-refractivity contribution in [3.05, 3.63) is 59.0 Å². The lowest BCUT2D eigenvalue weighted by atomic mass is 10.2. The first-order chi connectivity index (χ1) is 12.9. The number of thiocarbonyl (C=S) groups is 1. The monoisotopic (exact) mass is 401 g/mol. The molecule has 27 heavy (non-hydrogen) atoms. The molecule has 0 aromatic heterocycles. The summed E-state index contributed by atoms with van der Waals surface area (Å²) in [6.45, 7) is 0.0712. The summed E-state index contributed by atoms with van der Waals surface area (Å²) < 4.78 is 5.82. The van der Waals surface area contributed by atoms with E-state index in [0.29, 0.717) is 20.7 Å². The van der Waals surface area contributed by atoms with E-state index in [2.05, 4.69) is 0 Å². The van der Waals surface area contributed by atoms with Crippen LogP contribution < -0.4 is 9.64 Å². The van der Waals surface area contributed by atoms with E-state index in [9.17, 15) is 14.7 Å². The molecule has 3 rings (SSSR count). The molecule has 0 spiro atoms. The van der Waals surface area contributed by atoms with Crippen molar-refractivity contribution in [2.24, 2.45) is 0 Å². The number of nitrogens with zero attached hydrogens (tertiary/aromatic N) is 1. The molecule has 0 unspecified atom stereocenters. The van der Waals surface area contributed by atoms with Gasteiger partial charge in [0.1, 0.15) is 11.5 Å². The van der Waals surface area contributed by atoms with Crippen molar-refractivity contribution in [3.8, 4) is 11.5 Å². The molecular formula is C19H15NO5S2. The number of phenols is 1. The third-order valence-corrected chi connectivity index (χ3v) is 4.94. The number of aliphatic carboxylic acids is 1. The van der Waals surface area contributed by atoms with Gasteiger partial charge in [0, 0.05) is 0 Å². The van der Waals surface area contributed by atoms with Crippen molar-refractivity contribution in [2.75, 3.05) is 11.5 Å². The number of rotatable bonds is 6. The number of ether oxygens (including phenoxy) is 1. The first-order valence-electron chi connectivity index (χ1n) is 7.96. The van der Waals surface area contributed by atoms with Gasteiger partial charge in [-0.3, -0.25) is 14.5 Å². The largest absolute Gasteiger partial charge is 0.508 e. The van der Waals surface area contributed by atoms with Gasteiger partial charge >= 0.3 is 5.97 Å². The fraction of sp³-hybridized carbons (Fsp3) is 0.105. The number of amides is 1. The number of aromatic hydroxyl groups is 1. The number of carboxylic acids is 1. The highest BCUT2D eigenvalue weighted by atomic mass is 32.2. The summed E-state index contributed by atoms with van der Waals surface area (Å²) in [5.74, 6) is -0.532. The van der Waals surface area contributed by atoms with Gasteiger partial charge < -0.3 is 14.9 Å². The van der Waals surface area contributed by atoms with Gasteiger partial charge in [-0.15, -0.1) is 0 Å². The number of phenolic OH excluding ortho intramolecular Hbond substituents is 1. The third-order valence-electron chi connectivity index (χ3n) is 3.64. The van der Waals surface area contributed by atoms with Crippen LogP contribution in [0.2, 0.25) is 0 Å². The van der Waals surface area contributed by atoms with Gasteiger partial charge in [-0.25, -0.2) is 0 Å². The predicted molar refractivity (Wildman–Crippen MR) is 108 cm³/mol. The molecule has 138 valence electrons. The highest BCUT2D eigenvalue weighted by molar-refractivity contribution is 8.27. The van der Waals surface area contributed by atoms with Gasteiger partial charge in [0.2, 0.25) is 0 Å². The van der Waals surface area contributed by atoms with Gasteiger partial charge in [-0.1, -0.05) is 36.1 Å². The van der Waals surface area contributed by atoms with Crippen LogP contribution >= 0.6 is 24.0 Å². The Kier molecular flexibility index (Phi) is 5.78. The summed E-state index contributed by atoms with van der Waals surface area (Å²) in [6.07, 6.45) is 1.62. The van der Waals surface area contributed by atoms with E-state index < -0.39 is 5.97 Å². The molecule has 0 atom stereocenters. The molecule has 8 heteroatoms. The molecule has 1 aliphatic heterocycles. The summed E-state index contributed by atoms with van der Waals surface area (Å²) in [5, 5.41) is 18.1. The van der Waals surface area contributed by atoms with E-state index in [1.165, 1.54) is 28.8 Å². The van der Waals surface area contributed by atoms with Crippen molar-refractivity contribution >= 4 is 51.9 Å². The highest BCUT2D eigenvalue weighted by Gasteiger charge is 2.33. The van der Waals surface area contributed by atoms with Gasteiger partial charge in [0.25, 0.3) is 5.91 Å². The van der Waals surface area contributed by atoms with E-state index in [4.69, 9.17) is 22.1 Å². The Bertz CT molecular complexity index is 924. The average molecular weight is 401 g/mol. The van der Waals surface area contributed by atoms with Crippen LogP contribution in [0, 0.1) is 0 Å². The number of carbonyl (C=O) groups is 2. The lowest BCUT2D eigenvalue weighted by Crippen LogP contribution is -2.27. The normalized spacial score (nSPS) is 15.4. The number of carboxylic acid groups (broad SMARTS) is 1. The molecule has 0 saturated carbocycles. The summed E-state index contributed by atoms with van der Waals surface area (Å²) >= 11 is 6.51. The van der Waals surface area contributed by atoms with Crippen LogP contribution in [-0.2, 0) is 9.59 Å². The summed E-state index contributed by atoms with van der Waals surface area (Å²) in [4.78, 5) is 25.2. The van der Waals surface area contributed by atoms with Crippen LogP contribution in [0.3, 0.4) is 0 Å². The molecule has 2 aromatic rings. The molecule has 2 aromatic carbocycles. The van der Waals surface area contributed by atoms with Crippen molar-refractivity contribution in [2.45, 2.75) is 6.42 Å². The summed E-state index contributed by atoms with van der Waals surface area (Å²) in [6, 6.07) is 13.3. The minimum atomic E-state index is -0.927. The lowest BCUT2D eigenvalue weighted by Gasteiger charge is -2.14. The molecule has 2 N–H and O–H groups in total. The smallest absolute Gasteiger partial charge is 0.306 e. The average Bonchev–Trinajstić information content (AvgIpc) is 2.89. The van der Waals surface area contributed by atoms with Crippen LogP contribution in [0.25, 0.3) is 6.08 Å². The topological polar surface area (TPSA) is 87.1 Å². The molecule has 1 saturated heterocycles. The molecule has 0 bridgehead atoms. The first kappa shape index (κ1) is 18.9. The second-order valence-corrected chi connectivity index (χ2v) is 7.27. The fourth-order valence-corrected chi connectivity index (χ4v) is 3.69. The molecular weight excluding hydrogens is 386 g/mol. The maximum Gasteiger partial charge on any atom is 0.306 e. The predicted octanol–water partition coefficient (Wildman–Crippen LogP) is 3.65. The Hall–Kier alpha value is -2.84. The van der Waals surface area contributed by atoms with Gasteiger partial charge in [-0.05, 0) is 48.0 Å².